The van der Waals surface area contributed by atoms with E-state index in [2.05, 4.69) is 15.3 Å². The maximum Gasteiger partial charge on any atom is 0.307 e. The monoisotopic (exact) mass is 492 g/mol. The first-order valence-electron chi connectivity index (χ1n) is 11.1. The van der Waals surface area contributed by atoms with Crippen LogP contribution in [0, 0.1) is 21.8 Å². The second-order valence-electron chi connectivity index (χ2n) is 8.54. The van der Waals surface area contributed by atoms with E-state index >= 15 is 0 Å². The van der Waals surface area contributed by atoms with E-state index < -0.39 is 16.4 Å². The highest BCUT2D eigenvalue weighted by Crippen LogP contribution is 2.37. The van der Waals surface area contributed by atoms with Crippen LogP contribution in [0.4, 0.5) is 27.4 Å². The fourth-order valence-electron chi connectivity index (χ4n) is 3.99. The molecule has 0 saturated carbocycles. The molecule has 11 heteroatoms. The number of hydrogen-bond donors (Lipinski definition) is 1. The number of nitrogens with one attached hydrogen (secondary N) is 1. The molecule has 0 unspecified atom stereocenters. The van der Waals surface area contributed by atoms with Crippen molar-refractivity contribution in [1.29, 1.82) is 0 Å². The predicted octanol–water partition coefficient (Wildman–Crippen LogP) is 5.05. The number of nitro benzene ring substituents is 1. The number of halogens is 1. The number of aryl methyl sites for hydroxylation is 1. The Balaban J connectivity index is 1.89. The lowest BCUT2D eigenvalue weighted by atomic mass is 10.1. The lowest BCUT2D eigenvalue weighted by Crippen LogP contribution is -2.31. The summed E-state index contributed by atoms with van der Waals surface area (Å²) >= 11 is 0. The highest BCUT2D eigenvalue weighted by molar-refractivity contribution is 6.02. The van der Waals surface area contributed by atoms with Gasteiger partial charge in [0.2, 0.25) is 17.7 Å². The Morgan fingerprint density at radius 2 is 2.00 bits per heavy atom. The number of aromatic nitrogens is 3. The minimum Gasteiger partial charge on any atom is -0.494 e. The SMILES string of the molecule is COc1cc(F)c([N+](=O)[O-])cc1Nc1ncc(N(C)C(=O)C(C)C)c(-c2cn(C)c3ccccc23)n1. The molecule has 0 radical (unpaired) electrons. The molecule has 0 bridgehead atoms. The molecule has 2 aromatic heterocycles. The van der Waals surface area contributed by atoms with Gasteiger partial charge in [0.1, 0.15) is 11.4 Å². The van der Waals surface area contributed by atoms with E-state index in [9.17, 15) is 19.3 Å². The summed E-state index contributed by atoms with van der Waals surface area (Å²) in [5.41, 5.74) is 2.12. The van der Waals surface area contributed by atoms with Crippen molar-refractivity contribution in [2.75, 3.05) is 24.4 Å². The molecule has 0 aliphatic carbocycles. The van der Waals surface area contributed by atoms with Gasteiger partial charge >= 0.3 is 5.69 Å². The summed E-state index contributed by atoms with van der Waals surface area (Å²) in [5.74, 6) is -1.26. The van der Waals surface area contributed by atoms with Crippen molar-refractivity contribution >= 4 is 39.8 Å². The van der Waals surface area contributed by atoms with E-state index in [-0.39, 0.29) is 29.2 Å². The van der Waals surface area contributed by atoms with Crippen LogP contribution in [0.15, 0.2) is 48.8 Å². The van der Waals surface area contributed by atoms with E-state index in [0.29, 0.717) is 11.4 Å². The van der Waals surface area contributed by atoms with Gasteiger partial charge in [0, 0.05) is 54.8 Å². The van der Waals surface area contributed by atoms with Crippen molar-refractivity contribution in [2.24, 2.45) is 13.0 Å². The van der Waals surface area contributed by atoms with Gasteiger partial charge in [0.25, 0.3) is 0 Å². The molecule has 2 heterocycles. The Labute approximate surface area is 206 Å². The third-order valence-corrected chi connectivity index (χ3v) is 5.82. The number of para-hydroxylation sites is 1. The van der Waals surface area contributed by atoms with Gasteiger partial charge in [0.05, 0.1) is 29.6 Å². The Bertz CT molecular complexity index is 1480. The van der Waals surface area contributed by atoms with E-state index in [1.54, 1.807) is 20.9 Å². The number of hydrogen-bond acceptors (Lipinski definition) is 7. The Hall–Kier alpha value is -4.54. The van der Waals surface area contributed by atoms with E-state index in [4.69, 9.17) is 4.74 Å². The molecule has 0 aliphatic heterocycles. The molecule has 0 aliphatic rings. The molecular formula is C25H25FN6O4. The van der Waals surface area contributed by atoms with E-state index in [1.807, 2.05) is 42.1 Å². The second-order valence-corrected chi connectivity index (χ2v) is 8.54. The van der Waals surface area contributed by atoms with Gasteiger partial charge < -0.3 is 19.5 Å². The van der Waals surface area contributed by atoms with Crippen LogP contribution in [-0.4, -0.2) is 39.5 Å². The van der Waals surface area contributed by atoms with Gasteiger partial charge in [-0.25, -0.2) is 9.97 Å². The highest BCUT2D eigenvalue weighted by Gasteiger charge is 2.24. The fraction of sp³-hybridized carbons (Fsp3) is 0.240. The van der Waals surface area contributed by atoms with E-state index in [1.165, 1.54) is 18.2 Å². The minimum absolute atomic E-state index is 0.0459. The third-order valence-electron chi connectivity index (χ3n) is 5.82. The lowest BCUT2D eigenvalue weighted by molar-refractivity contribution is -0.387. The van der Waals surface area contributed by atoms with Gasteiger partial charge in [-0.2, -0.15) is 4.39 Å². The number of amides is 1. The highest BCUT2D eigenvalue weighted by atomic mass is 19.1. The number of rotatable bonds is 7. The largest absolute Gasteiger partial charge is 0.494 e. The maximum atomic E-state index is 14.1. The zero-order chi connectivity index (χ0) is 26.1. The smallest absolute Gasteiger partial charge is 0.307 e. The molecule has 36 heavy (non-hydrogen) atoms. The van der Waals surface area contributed by atoms with Crippen LogP contribution in [0.2, 0.25) is 0 Å². The number of methoxy groups -OCH3 is 1. The molecule has 2 aromatic carbocycles. The van der Waals surface area contributed by atoms with Gasteiger partial charge in [-0.3, -0.25) is 14.9 Å². The number of ether oxygens (including phenoxy) is 1. The van der Waals surface area contributed by atoms with Crippen LogP contribution >= 0.6 is 0 Å². The topological polar surface area (TPSA) is 115 Å². The molecule has 1 amide bonds. The molecular weight excluding hydrogens is 467 g/mol. The van der Waals surface area contributed by atoms with Crippen LogP contribution in [0.5, 0.6) is 5.75 Å². The van der Waals surface area contributed by atoms with Gasteiger partial charge in [0.15, 0.2) is 0 Å². The number of carbonyl (C=O) groups excluding carboxylic acids is 1. The van der Waals surface area contributed by atoms with Crippen LogP contribution in [0.1, 0.15) is 13.8 Å². The molecule has 4 aromatic rings. The third kappa shape index (κ3) is 4.42. The van der Waals surface area contributed by atoms with E-state index in [0.717, 1.165) is 28.6 Å². The summed E-state index contributed by atoms with van der Waals surface area (Å²) in [7, 11) is 4.90. The van der Waals surface area contributed by atoms with Crippen LogP contribution in [-0.2, 0) is 11.8 Å². The molecule has 4 rings (SSSR count). The summed E-state index contributed by atoms with van der Waals surface area (Å²) in [5, 5.41) is 15.1. The van der Waals surface area contributed by atoms with Crippen molar-refractivity contribution in [3.05, 3.63) is 64.7 Å². The van der Waals surface area contributed by atoms with Crippen LogP contribution in [0.3, 0.4) is 0 Å². The first kappa shape index (κ1) is 24.6. The van der Waals surface area contributed by atoms with Gasteiger partial charge in [-0.15, -0.1) is 0 Å². The fourth-order valence-corrected chi connectivity index (χ4v) is 3.99. The summed E-state index contributed by atoms with van der Waals surface area (Å²) in [6.07, 6.45) is 3.43. The quantitative estimate of drug-likeness (QED) is 0.283. The Kier molecular flexibility index (Phi) is 6.56. The first-order chi connectivity index (χ1) is 17.1. The Morgan fingerprint density at radius 1 is 1.28 bits per heavy atom. The standard InChI is InChI=1S/C25H25FN6O4/c1-14(2)24(33)31(4)21-12-27-25(28-18-11-20(32(34)35)17(26)10-22(18)36-5)29-23(21)16-13-30(3)19-9-7-6-8-15(16)19/h6-14H,1-5H3,(H,27,28,29). The number of anilines is 3. The van der Waals surface area contributed by atoms with Crippen molar-refractivity contribution in [1.82, 2.24) is 14.5 Å². The van der Waals surface area contributed by atoms with Crippen molar-refractivity contribution < 1.29 is 18.8 Å². The van der Waals surface area contributed by atoms with Crippen molar-refractivity contribution in [2.45, 2.75) is 13.8 Å². The summed E-state index contributed by atoms with van der Waals surface area (Å²) in [6, 6.07) is 9.73. The van der Waals surface area contributed by atoms with Crippen LogP contribution < -0.4 is 15.0 Å². The van der Waals surface area contributed by atoms with Crippen molar-refractivity contribution in [3.8, 4) is 17.0 Å². The summed E-state index contributed by atoms with van der Waals surface area (Å²) in [4.78, 5) is 33.8. The van der Waals surface area contributed by atoms with Gasteiger partial charge in [-0.1, -0.05) is 32.0 Å². The lowest BCUT2D eigenvalue weighted by Gasteiger charge is -2.22. The van der Waals surface area contributed by atoms with Gasteiger partial charge in [-0.05, 0) is 6.07 Å². The molecule has 0 spiro atoms. The average molecular weight is 493 g/mol. The van der Waals surface area contributed by atoms with Crippen LogP contribution in [0.25, 0.3) is 22.2 Å². The van der Waals surface area contributed by atoms with Crippen molar-refractivity contribution in [3.63, 3.8) is 0 Å². The average Bonchev–Trinajstić information content (AvgIpc) is 3.20. The molecule has 0 fully saturated rings. The number of carbonyl (C=O) groups is 1. The minimum atomic E-state index is -1.02. The zero-order valence-corrected chi connectivity index (χ0v) is 20.4. The number of fused-ring (bicyclic) bond motifs is 1. The molecule has 186 valence electrons. The number of benzene rings is 2. The Morgan fingerprint density at radius 3 is 2.67 bits per heavy atom. The number of nitro groups is 1. The summed E-state index contributed by atoms with van der Waals surface area (Å²) < 4.78 is 21.3. The second kappa shape index (κ2) is 9.61. The maximum absolute atomic E-state index is 14.1. The molecule has 0 atom stereocenters. The molecule has 1 N–H and O–H groups in total. The predicted molar refractivity (Wildman–Crippen MR) is 135 cm³/mol. The zero-order valence-electron chi connectivity index (χ0n) is 20.4. The normalized spacial score (nSPS) is 11.1. The summed E-state index contributed by atoms with van der Waals surface area (Å²) in [6.45, 7) is 3.61. The molecule has 0 saturated heterocycles. The first-order valence-corrected chi connectivity index (χ1v) is 11.1. The molecule has 10 nitrogen and oxygen atoms in total. The number of nitrogens with zero attached hydrogens (tertiary/aromatic N) is 5.